The molecular formula is C14H13Br2NO. The van der Waals surface area contributed by atoms with E-state index >= 15 is 0 Å². The van der Waals surface area contributed by atoms with Gasteiger partial charge in [0.25, 0.3) is 0 Å². The number of carbonyl (C=O) groups is 1. The number of rotatable bonds is 3. The number of hydrogen-bond donors (Lipinski definition) is 0. The lowest BCUT2D eigenvalue weighted by atomic mass is 10.0. The van der Waals surface area contributed by atoms with Crippen LogP contribution in [0.5, 0.6) is 0 Å². The van der Waals surface area contributed by atoms with E-state index in [0.717, 1.165) is 11.1 Å². The molecule has 94 valence electrons. The van der Waals surface area contributed by atoms with Crippen LogP contribution in [0.2, 0.25) is 0 Å². The Hall–Kier alpha value is -1.00. The Morgan fingerprint density at radius 2 is 1.67 bits per heavy atom. The molecule has 0 aliphatic rings. The number of Topliss-reactive ketones (excluding diaryl/α,β-unsaturated/α-hetero) is 1. The molecule has 1 unspecified atom stereocenters. The molecule has 0 N–H and O–H groups in total. The maximum atomic E-state index is 12.2. The summed E-state index contributed by atoms with van der Waals surface area (Å²) in [5.41, 5.74) is 2.79. The summed E-state index contributed by atoms with van der Waals surface area (Å²) in [4.78, 5) is 15.8. The molecule has 1 aromatic carbocycles. The molecular weight excluding hydrogens is 358 g/mol. The van der Waals surface area contributed by atoms with E-state index in [0.29, 0.717) is 5.56 Å². The molecule has 0 saturated heterocycles. The van der Waals surface area contributed by atoms with Crippen LogP contribution in [0.15, 0.2) is 48.8 Å². The SMILES string of the molecule is Br.Cc1ccc(C(=O)C(Br)c2ccncc2)cc1. The molecule has 0 bridgehead atoms. The number of ketones is 1. The van der Waals surface area contributed by atoms with E-state index in [2.05, 4.69) is 20.9 Å². The van der Waals surface area contributed by atoms with Gasteiger partial charge < -0.3 is 0 Å². The first-order chi connectivity index (χ1) is 8.18. The van der Waals surface area contributed by atoms with Gasteiger partial charge in [0.05, 0.1) is 0 Å². The van der Waals surface area contributed by atoms with Gasteiger partial charge in [-0.1, -0.05) is 45.8 Å². The molecule has 1 atom stereocenters. The normalized spacial score (nSPS) is 11.4. The van der Waals surface area contributed by atoms with E-state index < -0.39 is 0 Å². The molecule has 1 heterocycles. The molecule has 0 amide bonds. The number of alkyl halides is 1. The highest BCUT2D eigenvalue weighted by Crippen LogP contribution is 2.26. The predicted molar refractivity (Wildman–Crippen MR) is 81.7 cm³/mol. The largest absolute Gasteiger partial charge is 0.293 e. The second-order valence-electron chi connectivity index (χ2n) is 3.87. The Morgan fingerprint density at radius 3 is 2.22 bits per heavy atom. The third kappa shape index (κ3) is 3.50. The van der Waals surface area contributed by atoms with Crippen LogP contribution >= 0.6 is 32.9 Å². The first-order valence-electron chi connectivity index (χ1n) is 5.33. The van der Waals surface area contributed by atoms with E-state index in [-0.39, 0.29) is 27.6 Å². The Balaban J connectivity index is 0.00000162. The number of aryl methyl sites for hydroxylation is 1. The van der Waals surface area contributed by atoms with Gasteiger partial charge in [-0.25, -0.2) is 0 Å². The maximum absolute atomic E-state index is 12.2. The number of halogens is 2. The summed E-state index contributed by atoms with van der Waals surface area (Å²) < 4.78 is 0. The fourth-order valence-electron chi connectivity index (χ4n) is 1.55. The number of nitrogens with zero attached hydrogens (tertiary/aromatic N) is 1. The van der Waals surface area contributed by atoms with Crippen molar-refractivity contribution in [3.8, 4) is 0 Å². The number of benzene rings is 1. The van der Waals surface area contributed by atoms with Gasteiger partial charge in [-0.15, -0.1) is 17.0 Å². The number of hydrogen-bond acceptors (Lipinski definition) is 2. The quantitative estimate of drug-likeness (QED) is 0.596. The van der Waals surface area contributed by atoms with Gasteiger partial charge in [-0.3, -0.25) is 9.78 Å². The van der Waals surface area contributed by atoms with Crippen molar-refractivity contribution in [2.45, 2.75) is 11.8 Å². The first kappa shape index (κ1) is 15.1. The van der Waals surface area contributed by atoms with Crippen LogP contribution in [-0.4, -0.2) is 10.8 Å². The van der Waals surface area contributed by atoms with Crippen molar-refractivity contribution < 1.29 is 4.79 Å². The zero-order valence-corrected chi connectivity index (χ0v) is 13.1. The zero-order chi connectivity index (χ0) is 12.3. The predicted octanol–water partition coefficient (Wildman–Crippen LogP) is 4.29. The Labute approximate surface area is 125 Å². The Kier molecular flexibility index (Phi) is 5.69. The van der Waals surface area contributed by atoms with Gasteiger partial charge in [0.2, 0.25) is 0 Å². The Bertz CT molecular complexity index is 511. The molecule has 0 aliphatic carbocycles. The van der Waals surface area contributed by atoms with Crippen LogP contribution in [0, 0.1) is 6.92 Å². The van der Waals surface area contributed by atoms with Gasteiger partial charge in [0.15, 0.2) is 5.78 Å². The van der Waals surface area contributed by atoms with Gasteiger partial charge >= 0.3 is 0 Å². The van der Waals surface area contributed by atoms with E-state index in [1.54, 1.807) is 12.4 Å². The standard InChI is InChI=1S/C14H12BrNO.BrH/c1-10-2-4-12(5-3-10)14(17)13(15)11-6-8-16-9-7-11;/h2-9,13H,1H3;1H. The van der Waals surface area contributed by atoms with Crippen molar-refractivity contribution in [3.63, 3.8) is 0 Å². The molecule has 2 nitrogen and oxygen atoms in total. The highest BCUT2D eigenvalue weighted by molar-refractivity contribution is 9.09. The summed E-state index contributed by atoms with van der Waals surface area (Å²) in [6.45, 7) is 2.00. The molecule has 4 heteroatoms. The zero-order valence-electron chi connectivity index (χ0n) is 9.84. The Morgan fingerprint density at radius 1 is 1.11 bits per heavy atom. The van der Waals surface area contributed by atoms with Crippen LogP contribution in [0.1, 0.15) is 26.3 Å². The molecule has 0 fully saturated rings. The average molecular weight is 371 g/mol. The monoisotopic (exact) mass is 369 g/mol. The van der Waals surface area contributed by atoms with Crippen LogP contribution < -0.4 is 0 Å². The lowest BCUT2D eigenvalue weighted by Gasteiger charge is -2.09. The molecule has 18 heavy (non-hydrogen) atoms. The smallest absolute Gasteiger partial charge is 0.180 e. The molecule has 0 radical (unpaired) electrons. The molecule has 0 aliphatic heterocycles. The molecule has 0 saturated carbocycles. The molecule has 0 spiro atoms. The van der Waals surface area contributed by atoms with Crippen molar-refractivity contribution in [3.05, 3.63) is 65.5 Å². The number of aromatic nitrogens is 1. The lowest BCUT2D eigenvalue weighted by molar-refractivity contribution is 0.0991. The summed E-state index contributed by atoms with van der Waals surface area (Å²) in [6.07, 6.45) is 3.37. The summed E-state index contributed by atoms with van der Waals surface area (Å²) in [5, 5.41) is 0. The van der Waals surface area contributed by atoms with Crippen molar-refractivity contribution in [1.82, 2.24) is 4.98 Å². The van der Waals surface area contributed by atoms with E-state index in [4.69, 9.17) is 0 Å². The highest BCUT2D eigenvalue weighted by Gasteiger charge is 2.18. The summed E-state index contributed by atoms with van der Waals surface area (Å²) in [7, 11) is 0. The van der Waals surface area contributed by atoms with Crippen molar-refractivity contribution >= 4 is 38.7 Å². The minimum Gasteiger partial charge on any atom is -0.293 e. The highest BCUT2D eigenvalue weighted by atomic mass is 79.9. The van der Waals surface area contributed by atoms with E-state index in [1.165, 1.54) is 0 Å². The van der Waals surface area contributed by atoms with Gasteiger partial charge in [0.1, 0.15) is 4.83 Å². The van der Waals surface area contributed by atoms with Gasteiger partial charge in [0, 0.05) is 18.0 Å². The maximum Gasteiger partial charge on any atom is 0.180 e. The minimum atomic E-state index is -0.312. The van der Waals surface area contributed by atoms with Gasteiger partial charge in [-0.05, 0) is 24.6 Å². The third-order valence-corrected chi connectivity index (χ3v) is 3.51. The summed E-state index contributed by atoms with van der Waals surface area (Å²) in [5.74, 6) is 0.0659. The van der Waals surface area contributed by atoms with Crippen molar-refractivity contribution in [2.75, 3.05) is 0 Å². The van der Waals surface area contributed by atoms with Crippen molar-refractivity contribution in [1.29, 1.82) is 0 Å². The third-order valence-electron chi connectivity index (χ3n) is 2.57. The molecule has 2 rings (SSSR count). The topological polar surface area (TPSA) is 30.0 Å². The van der Waals surface area contributed by atoms with Crippen LogP contribution in [0.25, 0.3) is 0 Å². The average Bonchev–Trinajstić information content (AvgIpc) is 2.39. The summed E-state index contributed by atoms with van der Waals surface area (Å²) in [6, 6.07) is 11.3. The number of carbonyl (C=O) groups excluding carboxylic acids is 1. The second kappa shape index (κ2) is 6.81. The van der Waals surface area contributed by atoms with Crippen molar-refractivity contribution in [2.24, 2.45) is 0 Å². The van der Waals surface area contributed by atoms with Crippen LogP contribution in [-0.2, 0) is 0 Å². The molecule has 1 aromatic heterocycles. The van der Waals surface area contributed by atoms with Crippen LogP contribution in [0.3, 0.4) is 0 Å². The summed E-state index contributed by atoms with van der Waals surface area (Å²) >= 11 is 3.43. The van der Waals surface area contributed by atoms with Gasteiger partial charge in [-0.2, -0.15) is 0 Å². The first-order valence-corrected chi connectivity index (χ1v) is 6.25. The number of pyridine rings is 1. The fourth-order valence-corrected chi connectivity index (χ4v) is 2.12. The van der Waals surface area contributed by atoms with Crippen LogP contribution in [0.4, 0.5) is 0 Å². The fraction of sp³-hybridized carbons (Fsp3) is 0.143. The minimum absolute atomic E-state index is 0. The van der Waals surface area contributed by atoms with E-state index in [1.807, 2.05) is 43.3 Å². The lowest BCUT2D eigenvalue weighted by Crippen LogP contribution is -2.07. The molecule has 2 aromatic rings. The second-order valence-corrected chi connectivity index (χ2v) is 4.79. The van der Waals surface area contributed by atoms with E-state index in [9.17, 15) is 4.79 Å².